The van der Waals surface area contributed by atoms with Crippen LogP contribution < -0.4 is 20.1 Å². The van der Waals surface area contributed by atoms with Gasteiger partial charge in [0.1, 0.15) is 0 Å². The molecular formula is C13H19N3O2S. The molecule has 0 atom stereocenters. The first-order chi connectivity index (χ1) is 9.33. The lowest BCUT2D eigenvalue weighted by molar-refractivity contribution is 0.174. The third kappa shape index (κ3) is 3.96. The summed E-state index contributed by atoms with van der Waals surface area (Å²) in [7, 11) is 1.77. The summed E-state index contributed by atoms with van der Waals surface area (Å²) >= 11 is 1.81. The minimum Gasteiger partial charge on any atom is -0.454 e. The predicted molar refractivity (Wildman–Crippen MR) is 79.1 cm³/mol. The van der Waals surface area contributed by atoms with Crippen LogP contribution in [0.15, 0.2) is 23.2 Å². The summed E-state index contributed by atoms with van der Waals surface area (Å²) in [5.41, 5.74) is 1.14. The molecule has 0 saturated carbocycles. The van der Waals surface area contributed by atoms with Gasteiger partial charge in [-0.2, -0.15) is 11.8 Å². The zero-order valence-electron chi connectivity index (χ0n) is 11.2. The molecule has 2 rings (SSSR count). The van der Waals surface area contributed by atoms with Crippen LogP contribution in [0.5, 0.6) is 11.5 Å². The van der Waals surface area contributed by atoms with E-state index in [9.17, 15) is 0 Å². The van der Waals surface area contributed by atoms with Crippen LogP contribution >= 0.6 is 11.8 Å². The van der Waals surface area contributed by atoms with Crippen LogP contribution in [-0.4, -0.2) is 38.4 Å². The number of fused-ring (bicyclic) bond motifs is 1. The molecule has 2 N–H and O–H groups in total. The van der Waals surface area contributed by atoms with Gasteiger partial charge >= 0.3 is 0 Å². The molecule has 0 unspecified atom stereocenters. The number of nitrogens with zero attached hydrogens (tertiary/aromatic N) is 1. The Labute approximate surface area is 117 Å². The third-order valence-electron chi connectivity index (χ3n) is 2.72. The van der Waals surface area contributed by atoms with Crippen molar-refractivity contribution in [2.75, 3.05) is 32.4 Å². The van der Waals surface area contributed by atoms with Gasteiger partial charge in [0.05, 0.1) is 0 Å². The summed E-state index contributed by atoms with van der Waals surface area (Å²) in [4.78, 5) is 4.18. The maximum absolute atomic E-state index is 5.35. The van der Waals surface area contributed by atoms with Crippen LogP contribution in [0.2, 0.25) is 0 Å². The van der Waals surface area contributed by atoms with Gasteiger partial charge in [-0.25, -0.2) is 0 Å². The van der Waals surface area contributed by atoms with Crippen LogP contribution in [0.1, 0.15) is 5.56 Å². The number of guanidine groups is 1. The van der Waals surface area contributed by atoms with Crippen LogP contribution in [0.4, 0.5) is 0 Å². The standard InChI is InChI=1S/C13H19N3O2S/c1-14-13(15-5-6-19-2)16-8-10-3-4-11-12(7-10)18-9-17-11/h3-4,7H,5-6,8-9H2,1-2H3,(H2,14,15,16). The van der Waals surface area contributed by atoms with E-state index in [0.29, 0.717) is 13.3 Å². The van der Waals surface area contributed by atoms with Crippen molar-refractivity contribution >= 4 is 17.7 Å². The number of nitrogens with one attached hydrogen (secondary N) is 2. The molecule has 0 saturated heterocycles. The monoisotopic (exact) mass is 281 g/mol. The Kier molecular flexibility index (Phi) is 5.20. The van der Waals surface area contributed by atoms with Crippen molar-refractivity contribution in [2.24, 2.45) is 4.99 Å². The van der Waals surface area contributed by atoms with Crippen molar-refractivity contribution < 1.29 is 9.47 Å². The average Bonchev–Trinajstić information content (AvgIpc) is 2.90. The van der Waals surface area contributed by atoms with Gasteiger partial charge in [-0.05, 0) is 24.0 Å². The average molecular weight is 281 g/mol. The lowest BCUT2D eigenvalue weighted by Gasteiger charge is -2.11. The van der Waals surface area contributed by atoms with Gasteiger partial charge in [0.15, 0.2) is 17.5 Å². The predicted octanol–water partition coefficient (Wildman–Crippen LogP) is 1.44. The van der Waals surface area contributed by atoms with Crippen molar-refractivity contribution in [2.45, 2.75) is 6.54 Å². The van der Waals surface area contributed by atoms with Crippen molar-refractivity contribution in [1.29, 1.82) is 0 Å². The number of thioether (sulfide) groups is 1. The van der Waals surface area contributed by atoms with E-state index in [2.05, 4.69) is 21.9 Å². The molecule has 5 nitrogen and oxygen atoms in total. The Hall–Kier alpha value is -1.56. The second kappa shape index (κ2) is 7.13. The molecule has 1 aromatic rings. The Morgan fingerprint density at radius 1 is 1.32 bits per heavy atom. The Morgan fingerprint density at radius 3 is 2.95 bits per heavy atom. The molecule has 0 amide bonds. The fraction of sp³-hybridized carbons (Fsp3) is 0.462. The summed E-state index contributed by atoms with van der Waals surface area (Å²) in [6.45, 7) is 1.92. The summed E-state index contributed by atoms with van der Waals surface area (Å²) in [5.74, 6) is 3.49. The number of aliphatic imine (C=N–C) groups is 1. The normalized spacial score (nSPS) is 13.5. The highest BCUT2D eigenvalue weighted by Gasteiger charge is 2.12. The molecule has 1 aliphatic heterocycles. The quantitative estimate of drug-likeness (QED) is 0.486. The maximum Gasteiger partial charge on any atom is 0.231 e. The molecule has 19 heavy (non-hydrogen) atoms. The number of rotatable bonds is 5. The first-order valence-corrected chi connectivity index (χ1v) is 7.55. The van der Waals surface area contributed by atoms with Crippen molar-refractivity contribution in [3.05, 3.63) is 23.8 Å². The lowest BCUT2D eigenvalue weighted by Crippen LogP contribution is -2.37. The summed E-state index contributed by atoms with van der Waals surface area (Å²) in [6.07, 6.45) is 2.09. The molecule has 1 aliphatic rings. The molecule has 0 spiro atoms. The fourth-order valence-electron chi connectivity index (χ4n) is 1.73. The molecule has 6 heteroatoms. The van der Waals surface area contributed by atoms with Crippen LogP contribution in [0.3, 0.4) is 0 Å². The molecule has 0 fully saturated rings. The molecule has 104 valence electrons. The molecule has 0 aliphatic carbocycles. The zero-order valence-corrected chi connectivity index (χ0v) is 12.0. The van der Waals surface area contributed by atoms with Gasteiger partial charge in [0, 0.05) is 25.9 Å². The third-order valence-corrected chi connectivity index (χ3v) is 3.33. The van der Waals surface area contributed by atoms with E-state index < -0.39 is 0 Å². The fourth-order valence-corrected chi connectivity index (χ4v) is 2.03. The van der Waals surface area contributed by atoms with Gasteiger partial charge < -0.3 is 20.1 Å². The van der Waals surface area contributed by atoms with Gasteiger partial charge in [0.25, 0.3) is 0 Å². The van der Waals surface area contributed by atoms with Crippen LogP contribution in [0, 0.1) is 0 Å². The smallest absolute Gasteiger partial charge is 0.231 e. The SMILES string of the molecule is CN=C(NCCSC)NCc1ccc2c(c1)OCO2. The molecular weight excluding hydrogens is 262 g/mol. The number of hydrogen-bond donors (Lipinski definition) is 2. The molecule has 0 aromatic heterocycles. The number of ether oxygens (including phenoxy) is 2. The minimum absolute atomic E-state index is 0.310. The zero-order chi connectivity index (χ0) is 13.5. The first-order valence-electron chi connectivity index (χ1n) is 6.15. The van der Waals surface area contributed by atoms with Gasteiger partial charge in [-0.15, -0.1) is 0 Å². The highest BCUT2D eigenvalue weighted by atomic mass is 32.2. The lowest BCUT2D eigenvalue weighted by atomic mass is 10.2. The summed E-state index contributed by atoms with van der Waals surface area (Å²) in [6, 6.07) is 5.95. The van der Waals surface area contributed by atoms with E-state index >= 15 is 0 Å². The Bertz CT molecular complexity index is 452. The van der Waals surface area contributed by atoms with Crippen molar-refractivity contribution in [1.82, 2.24) is 10.6 Å². The van der Waals surface area contributed by atoms with Crippen LogP contribution in [-0.2, 0) is 6.54 Å². The number of benzene rings is 1. The topological polar surface area (TPSA) is 54.9 Å². The highest BCUT2D eigenvalue weighted by molar-refractivity contribution is 7.98. The van der Waals surface area contributed by atoms with Gasteiger partial charge in [-0.1, -0.05) is 6.07 Å². The second-order valence-electron chi connectivity index (χ2n) is 4.03. The van der Waals surface area contributed by atoms with Gasteiger partial charge in [0.2, 0.25) is 6.79 Å². The van der Waals surface area contributed by atoms with E-state index in [-0.39, 0.29) is 0 Å². The van der Waals surface area contributed by atoms with Crippen molar-refractivity contribution in [3.63, 3.8) is 0 Å². The highest BCUT2D eigenvalue weighted by Crippen LogP contribution is 2.32. The van der Waals surface area contributed by atoms with E-state index in [1.54, 1.807) is 18.8 Å². The first kappa shape index (κ1) is 13.9. The molecule has 0 bridgehead atoms. The number of hydrogen-bond acceptors (Lipinski definition) is 4. The summed E-state index contributed by atoms with van der Waals surface area (Å²) in [5, 5.41) is 6.52. The van der Waals surface area contributed by atoms with Crippen LogP contribution in [0.25, 0.3) is 0 Å². The maximum atomic E-state index is 5.35. The van der Waals surface area contributed by atoms with E-state index in [1.165, 1.54) is 0 Å². The molecule has 1 heterocycles. The largest absolute Gasteiger partial charge is 0.454 e. The van der Waals surface area contributed by atoms with Gasteiger partial charge in [-0.3, -0.25) is 4.99 Å². The van der Waals surface area contributed by atoms with Crippen molar-refractivity contribution in [3.8, 4) is 11.5 Å². The minimum atomic E-state index is 0.310. The Morgan fingerprint density at radius 2 is 2.16 bits per heavy atom. The Balaban J connectivity index is 1.84. The van der Waals surface area contributed by atoms with E-state index in [4.69, 9.17) is 9.47 Å². The van der Waals surface area contributed by atoms with E-state index in [0.717, 1.165) is 35.3 Å². The second-order valence-corrected chi connectivity index (χ2v) is 5.02. The summed E-state index contributed by atoms with van der Waals surface area (Å²) < 4.78 is 10.6. The molecule has 1 aromatic carbocycles. The molecule has 0 radical (unpaired) electrons. The van der Waals surface area contributed by atoms with E-state index in [1.807, 2.05) is 18.2 Å².